The number of halogens is 1. The molecule has 2 N–H and O–H groups in total. The molecule has 1 heterocycles. The second kappa shape index (κ2) is 8.08. The third-order valence-electron chi connectivity index (χ3n) is 3.35. The molecular formula is C14H29ClN2O2. The third kappa shape index (κ3) is 6.59. The Kier molecular flexibility index (Phi) is 7.94. The molecule has 0 aliphatic carbocycles. The van der Waals surface area contributed by atoms with Gasteiger partial charge in [0.25, 0.3) is 0 Å². The summed E-state index contributed by atoms with van der Waals surface area (Å²) in [4.78, 5) is 12.2. The Morgan fingerprint density at radius 2 is 2.11 bits per heavy atom. The molecule has 1 aliphatic rings. The zero-order valence-corrected chi connectivity index (χ0v) is 13.6. The Labute approximate surface area is 123 Å². The van der Waals surface area contributed by atoms with Gasteiger partial charge < -0.3 is 15.4 Å². The van der Waals surface area contributed by atoms with E-state index in [1.807, 2.05) is 20.8 Å². The van der Waals surface area contributed by atoms with Gasteiger partial charge in [0.1, 0.15) is 11.6 Å². The van der Waals surface area contributed by atoms with Crippen molar-refractivity contribution >= 4 is 18.4 Å². The van der Waals surface area contributed by atoms with Crippen LogP contribution in [0.2, 0.25) is 0 Å². The molecule has 0 aromatic heterocycles. The Balaban J connectivity index is 0.00000324. The molecule has 19 heavy (non-hydrogen) atoms. The SMILES string of the molecule is CC[C@H](C)[C@H](NC1CCNC1)C(=O)OC(C)(C)C.Cl. The number of hydrogen-bond acceptors (Lipinski definition) is 4. The summed E-state index contributed by atoms with van der Waals surface area (Å²) in [6.45, 7) is 11.9. The molecule has 4 nitrogen and oxygen atoms in total. The molecule has 1 fully saturated rings. The van der Waals surface area contributed by atoms with Crippen LogP contribution < -0.4 is 10.6 Å². The first-order chi connectivity index (χ1) is 8.33. The van der Waals surface area contributed by atoms with Crippen molar-refractivity contribution in [3.63, 3.8) is 0 Å². The van der Waals surface area contributed by atoms with Gasteiger partial charge in [-0.05, 0) is 39.7 Å². The molecule has 0 spiro atoms. The van der Waals surface area contributed by atoms with Crippen molar-refractivity contribution in [2.24, 2.45) is 5.92 Å². The Morgan fingerprint density at radius 1 is 1.47 bits per heavy atom. The van der Waals surface area contributed by atoms with Crippen molar-refractivity contribution in [3.8, 4) is 0 Å². The Hall–Kier alpha value is -0.320. The normalized spacial score (nSPS) is 22.5. The average molecular weight is 293 g/mol. The lowest BCUT2D eigenvalue weighted by atomic mass is 9.97. The summed E-state index contributed by atoms with van der Waals surface area (Å²) in [6, 6.07) is 0.190. The first-order valence-electron chi connectivity index (χ1n) is 7.03. The van der Waals surface area contributed by atoms with Crippen molar-refractivity contribution in [2.75, 3.05) is 13.1 Å². The second-order valence-electron chi connectivity index (χ2n) is 6.25. The molecule has 114 valence electrons. The minimum absolute atomic E-state index is 0. The van der Waals surface area contributed by atoms with E-state index < -0.39 is 5.60 Å². The summed E-state index contributed by atoms with van der Waals surface area (Å²) in [6.07, 6.45) is 2.05. The molecule has 1 aliphatic heterocycles. The Morgan fingerprint density at radius 3 is 2.53 bits per heavy atom. The summed E-state index contributed by atoms with van der Waals surface area (Å²) >= 11 is 0. The molecular weight excluding hydrogens is 264 g/mol. The van der Waals surface area contributed by atoms with Gasteiger partial charge in [-0.2, -0.15) is 0 Å². The van der Waals surface area contributed by atoms with E-state index in [-0.39, 0.29) is 24.4 Å². The van der Waals surface area contributed by atoms with E-state index in [0.717, 1.165) is 25.9 Å². The molecule has 3 atom stereocenters. The van der Waals surface area contributed by atoms with E-state index in [2.05, 4.69) is 24.5 Å². The molecule has 1 unspecified atom stereocenters. The van der Waals surface area contributed by atoms with Crippen LogP contribution in [0.15, 0.2) is 0 Å². The first kappa shape index (κ1) is 18.7. The lowest BCUT2D eigenvalue weighted by Gasteiger charge is -2.29. The molecule has 0 bridgehead atoms. The second-order valence-corrected chi connectivity index (χ2v) is 6.25. The van der Waals surface area contributed by atoms with E-state index >= 15 is 0 Å². The van der Waals surface area contributed by atoms with Gasteiger partial charge in [0.05, 0.1) is 0 Å². The van der Waals surface area contributed by atoms with Gasteiger partial charge in [-0.25, -0.2) is 0 Å². The summed E-state index contributed by atoms with van der Waals surface area (Å²) < 4.78 is 5.51. The molecule has 0 saturated carbocycles. The van der Waals surface area contributed by atoms with Crippen LogP contribution >= 0.6 is 12.4 Å². The molecule has 0 amide bonds. The topological polar surface area (TPSA) is 50.4 Å². The van der Waals surface area contributed by atoms with Crippen LogP contribution in [0.3, 0.4) is 0 Å². The van der Waals surface area contributed by atoms with Gasteiger partial charge in [0.2, 0.25) is 0 Å². The summed E-state index contributed by atoms with van der Waals surface area (Å²) in [5.74, 6) is 0.171. The number of esters is 1. The number of carbonyl (C=O) groups is 1. The van der Waals surface area contributed by atoms with Crippen LogP contribution in [0, 0.1) is 5.92 Å². The number of nitrogens with one attached hydrogen (secondary N) is 2. The number of ether oxygens (including phenoxy) is 1. The van der Waals surface area contributed by atoms with Crippen molar-refractivity contribution in [1.82, 2.24) is 10.6 Å². The monoisotopic (exact) mass is 292 g/mol. The van der Waals surface area contributed by atoms with Gasteiger partial charge in [0, 0.05) is 12.6 Å². The summed E-state index contributed by atoms with van der Waals surface area (Å²) in [5, 5.41) is 6.76. The average Bonchev–Trinajstić information content (AvgIpc) is 2.75. The highest BCUT2D eigenvalue weighted by Gasteiger charge is 2.31. The zero-order chi connectivity index (χ0) is 13.8. The predicted octanol–water partition coefficient (Wildman–Crippen LogP) is 2.12. The number of hydrogen-bond donors (Lipinski definition) is 2. The molecule has 1 saturated heterocycles. The maximum absolute atomic E-state index is 12.2. The van der Waals surface area contributed by atoms with Gasteiger partial charge in [-0.3, -0.25) is 4.79 Å². The quantitative estimate of drug-likeness (QED) is 0.762. The van der Waals surface area contributed by atoms with Gasteiger partial charge in [-0.1, -0.05) is 20.3 Å². The van der Waals surface area contributed by atoms with Gasteiger partial charge in [-0.15, -0.1) is 12.4 Å². The minimum Gasteiger partial charge on any atom is -0.459 e. The lowest BCUT2D eigenvalue weighted by molar-refractivity contribution is -0.159. The molecule has 5 heteroatoms. The number of rotatable bonds is 5. The predicted molar refractivity (Wildman–Crippen MR) is 80.7 cm³/mol. The largest absolute Gasteiger partial charge is 0.459 e. The van der Waals surface area contributed by atoms with Crippen LogP contribution in [0.5, 0.6) is 0 Å². The van der Waals surface area contributed by atoms with Gasteiger partial charge >= 0.3 is 5.97 Å². The first-order valence-corrected chi connectivity index (χ1v) is 7.03. The highest BCUT2D eigenvalue weighted by atomic mass is 35.5. The molecule has 1 rings (SSSR count). The maximum atomic E-state index is 12.2. The molecule has 0 aromatic rings. The van der Waals surface area contributed by atoms with E-state index in [1.165, 1.54) is 0 Å². The van der Waals surface area contributed by atoms with E-state index in [9.17, 15) is 4.79 Å². The fraction of sp³-hybridized carbons (Fsp3) is 0.929. The van der Waals surface area contributed by atoms with E-state index in [0.29, 0.717) is 12.0 Å². The highest BCUT2D eigenvalue weighted by molar-refractivity contribution is 5.85. The van der Waals surface area contributed by atoms with Crippen LogP contribution in [0.4, 0.5) is 0 Å². The summed E-state index contributed by atoms with van der Waals surface area (Å²) in [5.41, 5.74) is -0.418. The van der Waals surface area contributed by atoms with Crippen LogP contribution in [0.25, 0.3) is 0 Å². The van der Waals surface area contributed by atoms with Crippen LogP contribution in [-0.2, 0) is 9.53 Å². The van der Waals surface area contributed by atoms with Crippen molar-refractivity contribution in [1.29, 1.82) is 0 Å². The van der Waals surface area contributed by atoms with E-state index in [4.69, 9.17) is 4.74 Å². The fourth-order valence-corrected chi connectivity index (χ4v) is 2.12. The number of carbonyl (C=O) groups excluding carboxylic acids is 1. The lowest BCUT2D eigenvalue weighted by Crippen LogP contribution is -2.50. The van der Waals surface area contributed by atoms with Crippen LogP contribution in [-0.4, -0.2) is 36.7 Å². The van der Waals surface area contributed by atoms with Gasteiger partial charge in [0.15, 0.2) is 0 Å². The van der Waals surface area contributed by atoms with Crippen molar-refractivity contribution in [3.05, 3.63) is 0 Å². The highest BCUT2D eigenvalue weighted by Crippen LogP contribution is 2.16. The fourth-order valence-electron chi connectivity index (χ4n) is 2.12. The standard InChI is InChI=1S/C14H28N2O2.ClH/c1-6-10(2)12(13(17)18-14(3,4)5)16-11-7-8-15-9-11;/h10-12,15-16H,6-9H2,1-5H3;1H/t10-,11?,12-;/m0./s1. The van der Waals surface area contributed by atoms with Crippen molar-refractivity contribution in [2.45, 2.75) is 65.1 Å². The molecule has 0 aromatic carbocycles. The summed E-state index contributed by atoms with van der Waals surface area (Å²) in [7, 11) is 0. The smallest absolute Gasteiger partial charge is 0.323 e. The molecule has 0 radical (unpaired) electrons. The maximum Gasteiger partial charge on any atom is 0.323 e. The van der Waals surface area contributed by atoms with E-state index in [1.54, 1.807) is 0 Å². The zero-order valence-electron chi connectivity index (χ0n) is 12.8. The third-order valence-corrected chi connectivity index (χ3v) is 3.35. The minimum atomic E-state index is -0.418. The Bertz CT molecular complexity index is 273. The van der Waals surface area contributed by atoms with Crippen LogP contribution in [0.1, 0.15) is 47.5 Å². The van der Waals surface area contributed by atoms with Crippen molar-refractivity contribution < 1.29 is 9.53 Å².